The third kappa shape index (κ3) is 4.54. The van der Waals surface area contributed by atoms with Gasteiger partial charge < -0.3 is 10.5 Å². The van der Waals surface area contributed by atoms with E-state index in [0.29, 0.717) is 6.04 Å². The van der Waals surface area contributed by atoms with Crippen LogP contribution in [0.2, 0.25) is 0 Å². The van der Waals surface area contributed by atoms with E-state index < -0.39 is 0 Å². The molecule has 2 rings (SSSR count). The molecule has 1 aliphatic carbocycles. The van der Waals surface area contributed by atoms with Crippen molar-refractivity contribution in [2.75, 3.05) is 6.61 Å². The van der Waals surface area contributed by atoms with Crippen LogP contribution in [0.15, 0.2) is 18.2 Å². The van der Waals surface area contributed by atoms with Gasteiger partial charge in [-0.1, -0.05) is 25.3 Å². The molecule has 0 amide bonds. The van der Waals surface area contributed by atoms with Gasteiger partial charge in [0.1, 0.15) is 5.75 Å². The van der Waals surface area contributed by atoms with Gasteiger partial charge >= 0.3 is 0 Å². The largest absolute Gasteiger partial charge is 0.494 e. The van der Waals surface area contributed by atoms with Gasteiger partial charge in [-0.25, -0.2) is 0 Å². The molecule has 1 fully saturated rings. The van der Waals surface area contributed by atoms with Crippen LogP contribution in [0.1, 0.15) is 49.7 Å². The molecule has 0 aliphatic heterocycles. The van der Waals surface area contributed by atoms with Crippen molar-refractivity contribution in [2.45, 2.75) is 58.4 Å². The quantitative estimate of drug-likeness (QED) is 0.870. The van der Waals surface area contributed by atoms with Crippen LogP contribution in [0.3, 0.4) is 0 Å². The molecule has 1 aromatic rings. The SMILES string of the molecule is Cc1cc(C)cc(OCCC(N)C2CCCCC2)c1. The van der Waals surface area contributed by atoms with E-state index in [4.69, 9.17) is 10.5 Å². The van der Waals surface area contributed by atoms with Gasteiger partial charge in [0.15, 0.2) is 0 Å². The maximum Gasteiger partial charge on any atom is 0.119 e. The predicted molar refractivity (Wildman–Crippen MR) is 80.6 cm³/mol. The molecule has 0 heterocycles. The van der Waals surface area contributed by atoms with E-state index in [0.717, 1.165) is 24.7 Å². The van der Waals surface area contributed by atoms with E-state index in [9.17, 15) is 0 Å². The molecule has 0 radical (unpaired) electrons. The van der Waals surface area contributed by atoms with E-state index in [-0.39, 0.29) is 0 Å². The van der Waals surface area contributed by atoms with Crippen molar-refractivity contribution in [1.29, 1.82) is 0 Å². The van der Waals surface area contributed by atoms with Crippen LogP contribution in [0.25, 0.3) is 0 Å². The Bertz CT molecular complexity index is 376. The molecule has 1 aliphatic rings. The first-order chi connectivity index (χ1) is 9.15. The Morgan fingerprint density at radius 3 is 2.37 bits per heavy atom. The van der Waals surface area contributed by atoms with Crippen LogP contribution >= 0.6 is 0 Å². The Morgan fingerprint density at radius 2 is 1.74 bits per heavy atom. The van der Waals surface area contributed by atoms with Gasteiger partial charge in [-0.05, 0) is 62.3 Å². The van der Waals surface area contributed by atoms with Crippen molar-refractivity contribution in [1.82, 2.24) is 0 Å². The van der Waals surface area contributed by atoms with Gasteiger partial charge in [0, 0.05) is 6.04 Å². The fourth-order valence-corrected chi connectivity index (χ4v) is 3.13. The average Bonchev–Trinajstić information content (AvgIpc) is 2.38. The van der Waals surface area contributed by atoms with Gasteiger partial charge in [0.25, 0.3) is 0 Å². The zero-order valence-electron chi connectivity index (χ0n) is 12.3. The Morgan fingerprint density at radius 1 is 1.11 bits per heavy atom. The number of ether oxygens (including phenoxy) is 1. The molecule has 1 saturated carbocycles. The van der Waals surface area contributed by atoms with Crippen molar-refractivity contribution in [3.05, 3.63) is 29.3 Å². The molecule has 0 spiro atoms. The summed E-state index contributed by atoms with van der Waals surface area (Å²) in [5, 5.41) is 0. The summed E-state index contributed by atoms with van der Waals surface area (Å²) in [6, 6.07) is 6.67. The first-order valence-corrected chi connectivity index (χ1v) is 7.62. The normalized spacial score (nSPS) is 18.3. The highest BCUT2D eigenvalue weighted by Gasteiger charge is 2.20. The lowest BCUT2D eigenvalue weighted by molar-refractivity contribution is 0.243. The molecule has 0 aromatic heterocycles. The van der Waals surface area contributed by atoms with Crippen molar-refractivity contribution >= 4 is 0 Å². The Kier molecular flexibility index (Phi) is 5.26. The number of aryl methyl sites for hydroxylation is 2. The molecule has 1 atom stereocenters. The van der Waals surface area contributed by atoms with Gasteiger partial charge in [-0.2, -0.15) is 0 Å². The number of hydrogen-bond donors (Lipinski definition) is 1. The smallest absolute Gasteiger partial charge is 0.119 e. The number of hydrogen-bond acceptors (Lipinski definition) is 2. The highest BCUT2D eigenvalue weighted by molar-refractivity contribution is 5.32. The van der Waals surface area contributed by atoms with E-state index in [1.807, 2.05) is 0 Å². The Labute approximate surface area is 117 Å². The Balaban J connectivity index is 1.76. The topological polar surface area (TPSA) is 35.2 Å². The van der Waals surface area contributed by atoms with Gasteiger partial charge in [-0.15, -0.1) is 0 Å². The highest BCUT2D eigenvalue weighted by atomic mass is 16.5. The summed E-state index contributed by atoms with van der Waals surface area (Å²) in [6.45, 7) is 4.95. The summed E-state index contributed by atoms with van der Waals surface area (Å²) in [5.74, 6) is 1.70. The fraction of sp³-hybridized carbons (Fsp3) is 0.647. The van der Waals surface area contributed by atoms with Crippen LogP contribution < -0.4 is 10.5 Å². The van der Waals surface area contributed by atoms with Crippen LogP contribution in [0, 0.1) is 19.8 Å². The number of rotatable bonds is 5. The first kappa shape index (κ1) is 14.4. The maximum atomic E-state index is 6.29. The molecular formula is C17H27NO. The summed E-state index contributed by atoms with van der Waals surface area (Å²) >= 11 is 0. The standard InChI is InChI=1S/C17H27NO/c1-13-10-14(2)12-16(11-13)19-9-8-17(18)15-6-4-3-5-7-15/h10-12,15,17H,3-9,18H2,1-2H3. The van der Waals surface area contributed by atoms with E-state index in [2.05, 4.69) is 32.0 Å². The summed E-state index contributed by atoms with van der Waals surface area (Å²) in [4.78, 5) is 0. The molecule has 2 N–H and O–H groups in total. The number of benzene rings is 1. The summed E-state index contributed by atoms with van der Waals surface area (Å²) in [6.07, 6.45) is 7.70. The van der Waals surface area contributed by atoms with Crippen LogP contribution in [0.5, 0.6) is 5.75 Å². The second kappa shape index (κ2) is 6.95. The lowest BCUT2D eigenvalue weighted by Crippen LogP contribution is -2.33. The molecule has 1 aromatic carbocycles. The zero-order chi connectivity index (χ0) is 13.7. The molecule has 0 saturated heterocycles. The monoisotopic (exact) mass is 261 g/mol. The van der Waals surface area contributed by atoms with Crippen molar-refractivity contribution in [3.63, 3.8) is 0 Å². The second-order valence-corrected chi connectivity index (χ2v) is 6.02. The fourth-order valence-electron chi connectivity index (χ4n) is 3.13. The lowest BCUT2D eigenvalue weighted by Gasteiger charge is -2.27. The summed E-state index contributed by atoms with van der Waals surface area (Å²) in [7, 11) is 0. The Hall–Kier alpha value is -1.02. The molecular weight excluding hydrogens is 234 g/mol. The van der Waals surface area contributed by atoms with Crippen molar-refractivity contribution in [3.8, 4) is 5.75 Å². The van der Waals surface area contributed by atoms with E-state index in [1.165, 1.54) is 43.2 Å². The first-order valence-electron chi connectivity index (χ1n) is 7.62. The van der Waals surface area contributed by atoms with Crippen molar-refractivity contribution < 1.29 is 4.74 Å². The van der Waals surface area contributed by atoms with Gasteiger partial charge in [0.2, 0.25) is 0 Å². The molecule has 19 heavy (non-hydrogen) atoms. The average molecular weight is 261 g/mol. The van der Waals surface area contributed by atoms with Crippen LogP contribution in [-0.4, -0.2) is 12.6 Å². The lowest BCUT2D eigenvalue weighted by atomic mass is 9.83. The second-order valence-electron chi connectivity index (χ2n) is 6.02. The molecule has 2 heteroatoms. The third-order valence-corrected chi connectivity index (χ3v) is 4.17. The predicted octanol–water partition coefficient (Wildman–Crippen LogP) is 3.98. The highest BCUT2D eigenvalue weighted by Crippen LogP contribution is 2.27. The van der Waals surface area contributed by atoms with E-state index >= 15 is 0 Å². The third-order valence-electron chi connectivity index (χ3n) is 4.17. The van der Waals surface area contributed by atoms with E-state index in [1.54, 1.807) is 0 Å². The van der Waals surface area contributed by atoms with Crippen molar-refractivity contribution in [2.24, 2.45) is 11.7 Å². The minimum Gasteiger partial charge on any atom is -0.494 e. The maximum absolute atomic E-state index is 6.29. The van der Waals surface area contributed by atoms with Gasteiger partial charge in [0.05, 0.1) is 6.61 Å². The molecule has 0 bridgehead atoms. The van der Waals surface area contributed by atoms with Gasteiger partial charge in [-0.3, -0.25) is 0 Å². The minimum absolute atomic E-state index is 0.311. The molecule has 1 unspecified atom stereocenters. The molecule has 106 valence electrons. The summed E-state index contributed by atoms with van der Waals surface area (Å²) in [5.41, 5.74) is 8.80. The number of nitrogens with two attached hydrogens (primary N) is 1. The summed E-state index contributed by atoms with van der Waals surface area (Å²) < 4.78 is 5.85. The molecule has 2 nitrogen and oxygen atoms in total. The van der Waals surface area contributed by atoms with Crippen LogP contribution in [0.4, 0.5) is 0 Å². The zero-order valence-corrected chi connectivity index (χ0v) is 12.3. The van der Waals surface area contributed by atoms with Crippen LogP contribution in [-0.2, 0) is 0 Å². The minimum atomic E-state index is 0.311.